The van der Waals surface area contributed by atoms with Crippen LogP contribution in [0, 0.1) is 5.92 Å². The molecule has 4 nitrogen and oxygen atoms in total. The Bertz CT molecular complexity index is 801. The highest BCUT2D eigenvalue weighted by Crippen LogP contribution is 2.29. The molecule has 0 fully saturated rings. The van der Waals surface area contributed by atoms with Crippen LogP contribution in [0.1, 0.15) is 89.3 Å². The minimum atomic E-state index is -0.162. The lowest BCUT2D eigenvalue weighted by Crippen LogP contribution is -2.16. The Kier molecular flexibility index (Phi) is 8.85. The molecule has 162 valence electrons. The third kappa shape index (κ3) is 6.65. The summed E-state index contributed by atoms with van der Waals surface area (Å²) in [5.74, 6) is 1.97. The number of benzene rings is 1. The van der Waals surface area contributed by atoms with Gasteiger partial charge in [-0.3, -0.25) is 4.79 Å². The number of unbranched alkanes of at least 4 members (excludes halogenated alkanes) is 5. The van der Waals surface area contributed by atoms with Gasteiger partial charge in [-0.2, -0.15) is 0 Å². The summed E-state index contributed by atoms with van der Waals surface area (Å²) >= 11 is 0. The lowest BCUT2D eigenvalue weighted by atomic mass is 9.84. The van der Waals surface area contributed by atoms with E-state index in [4.69, 9.17) is 9.72 Å². The average Bonchev–Trinajstić information content (AvgIpc) is 2.77. The molecule has 0 aliphatic heterocycles. The maximum Gasteiger partial charge on any atom is 0.311 e. The van der Waals surface area contributed by atoms with Crippen molar-refractivity contribution < 1.29 is 9.53 Å². The van der Waals surface area contributed by atoms with Gasteiger partial charge in [0.05, 0.1) is 0 Å². The van der Waals surface area contributed by atoms with Gasteiger partial charge in [-0.25, -0.2) is 9.97 Å². The van der Waals surface area contributed by atoms with E-state index in [2.05, 4.69) is 18.8 Å². The summed E-state index contributed by atoms with van der Waals surface area (Å²) < 4.78 is 5.42. The second-order valence-electron chi connectivity index (χ2n) is 8.58. The normalized spacial score (nSPS) is 15.6. The zero-order valence-electron chi connectivity index (χ0n) is 18.7. The fourth-order valence-corrected chi connectivity index (χ4v) is 4.20. The van der Waals surface area contributed by atoms with Gasteiger partial charge in [-0.1, -0.05) is 58.8 Å². The summed E-state index contributed by atoms with van der Waals surface area (Å²) in [6.07, 6.45) is 15.6. The molecule has 0 bridgehead atoms. The van der Waals surface area contributed by atoms with Crippen molar-refractivity contribution in [2.24, 2.45) is 5.92 Å². The highest BCUT2D eigenvalue weighted by molar-refractivity contribution is 5.72. The largest absolute Gasteiger partial charge is 0.427 e. The molecule has 0 N–H and O–H groups in total. The van der Waals surface area contributed by atoms with Gasteiger partial charge >= 0.3 is 5.97 Å². The van der Waals surface area contributed by atoms with Gasteiger partial charge in [-0.05, 0) is 61.4 Å². The maximum atomic E-state index is 11.9. The van der Waals surface area contributed by atoms with Gasteiger partial charge in [0.1, 0.15) is 5.75 Å². The molecule has 30 heavy (non-hydrogen) atoms. The quantitative estimate of drug-likeness (QED) is 0.236. The van der Waals surface area contributed by atoms with Crippen molar-refractivity contribution in [3.63, 3.8) is 0 Å². The number of fused-ring (bicyclic) bond motifs is 1. The van der Waals surface area contributed by atoms with Crippen LogP contribution in [-0.4, -0.2) is 15.9 Å². The number of nitrogens with zero attached hydrogens (tertiary/aromatic N) is 2. The standard InChI is InChI=1S/C26H36N2O2/c1-3-5-7-9-10-20-12-17-24-22(18-20)19-27-26(28-24)21-13-15-23(16-14-21)30-25(29)11-8-6-4-2/h13-16,19-20H,3-12,17-18H2,1-2H3. The number of aromatic nitrogens is 2. The van der Waals surface area contributed by atoms with E-state index in [1.54, 1.807) is 0 Å². The van der Waals surface area contributed by atoms with Crippen molar-refractivity contribution in [1.82, 2.24) is 9.97 Å². The molecule has 1 aromatic carbocycles. The summed E-state index contributed by atoms with van der Waals surface area (Å²) in [6, 6.07) is 7.55. The molecular weight excluding hydrogens is 372 g/mol. The molecule has 3 rings (SSSR count). The van der Waals surface area contributed by atoms with E-state index in [1.165, 1.54) is 49.8 Å². The van der Waals surface area contributed by atoms with Crippen molar-refractivity contribution in [3.8, 4) is 17.1 Å². The van der Waals surface area contributed by atoms with E-state index in [0.29, 0.717) is 12.2 Å². The van der Waals surface area contributed by atoms with Crippen LogP contribution in [0.25, 0.3) is 11.4 Å². The van der Waals surface area contributed by atoms with Gasteiger partial charge in [0.2, 0.25) is 0 Å². The van der Waals surface area contributed by atoms with Crippen molar-refractivity contribution in [2.45, 2.75) is 90.9 Å². The summed E-state index contributed by atoms with van der Waals surface area (Å²) in [5.41, 5.74) is 3.49. The Labute approximate surface area is 181 Å². The van der Waals surface area contributed by atoms with Crippen LogP contribution in [0.15, 0.2) is 30.5 Å². The van der Waals surface area contributed by atoms with Crippen LogP contribution in [0.3, 0.4) is 0 Å². The molecular formula is C26H36N2O2. The highest BCUT2D eigenvalue weighted by atomic mass is 16.5. The lowest BCUT2D eigenvalue weighted by molar-refractivity contribution is -0.134. The highest BCUT2D eigenvalue weighted by Gasteiger charge is 2.20. The number of carbonyl (C=O) groups is 1. The van der Waals surface area contributed by atoms with E-state index in [-0.39, 0.29) is 5.97 Å². The van der Waals surface area contributed by atoms with E-state index >= 15 is 0 Å². The molecule has 2 aromatic rings. The van der Waals surface area contributed by atoms with Gasteiger partial charge in [0, 0.05) is 23.9 Å². The van der Waals surface area contributed by atoms with E-state index in [9.17, 15) is 4.79 Å². The van der Waals surface area contributed by atoms with Gasteiger partial charge in [0.15, 0.2) is 5.82 Å². The first-order valence-corrected chi connectivity index (χ1v) is 11.9. The van der Waals surface area contributed by atoms with Crippen LogP contribution < -0.4 is 4.74 Å². The van der Waals surface area contributed by atoms with Crippen LogP contribution in [0.5, 0.6) is 5.75 Å². The fourth-order valence-electron chi connectivity index (χ4n) is 4.20. The number of carbonyl (C=O) groups excluding carboxylic acids is 1. The molecule has 1 aliphatic rings. The molecule has 1 aromatic heterocycles. The fraction of sp³-hybridized carbons (Fsp3) is 0.577. The van der Waals surface area contributed by atoms with Crippen LogP contribution >= 0.6 is 0 Å². The number of ether oxygens (including phenoxy) is 1. The molecule has 1 atom stereocenters. The number of hydrogen-bond donors (Lipinski definition) is 0. The van der Waals surface area contributed by atoms with E-state index < -0.39 is 0 Å². The first kappa shape index (κ1) is 22.5. The Balaban J connectivity index is 1.55. The molecule has 0 amide bonds. The predicted molar refractivity (Wildman–Crippen MR) is 122 cm³/mol. The predicted octanol–water partition coefficient (Wildman–Crippen LogP) is 6.70. The van der Waals surface area contributed by atoms with Crippen molar-refractivity contribution >= 4 is 5.97 Å². The smallest absolute Gasteiger partial charge is 0.311 e. The van der Waals surface area contributed by atoms with Crippen LogP contribution in [0.4, 0.5) is 0 Å². The SMILES string of the molecule is CCCCCCC1CCc2nc(-c3ccc(OC(=O)CCCCC)cc3)ncc2C1. The zero-order chi connectivity index (χ0) is 21.2. The summed E-state index contributed by atoms with van der Waals surface area (Å²) in [7, 11) is 0. The van der Waals surface area contributed by atoms with Gasteiger partial charge in [-0.15, -0.1) is 0 Å². The minimum Gasteiger partial charge on any atom is -0.427 e. The zero-order valence-corrected chi connectivity index (χ0v) is 18.7. The molecule has 1 aliphatic carbocycles. The number of hydrogen-bond acceptors (Lipinski definition) is 4. The van der Waals surface area contributed by atoms with Crippen LogP contribution in [0.2, 0.25) is 0 Å². The first-order chi connectivity index (χ1) is 14.7. The van der Waals surface area contributed by atoms with Crippen molar-refractivity contribution in [1.29, 1.82) is 0 Å². The third-order valence-corrected chi connectivity index (χ3v) is 6.05. The Morgan fingerprint density at radius 3 is 2.57 bits per heavy atom. The topological polar surface area (TPSA) is 52.1 Å². The van der Waals surface area contributed by atoms with E-state index in [0.717, 1.165) is 49.4 Å². The molecule has 0 saturated heterocycles. The molecule has 0 radical (unpaired) electrons. The average molecular weight is 409 g/mol. The third-order valence-electron chi connectivity index (χ3n) is 6.05. The van der Waals surface area contributed by atoms with Gasteiger partial charge < -0.3 is 4.74 Å². The second-order valence-corrected chi connectivity index (χ2v) is 8.58. The van der Waals surface area contributed by atoms with Crippen molar-refractivity contribution in [2.75, 3.05) is 0 Å². The summed E-state index contributed by atoms with van der Waals surface area (Å²) in [6.45, 7) is 4.39. The van der Waals surface area contributed by atoms with E-state index in [1.807, 2.05) is 30.5 Å². The minimum absolute atomic E-state index is 0.162. The Hall–Kier alpha value is -2.23. The Morgan fingerprint density at radius 2 is 1.80 bits per heavy atom. The number of rotatable bonds is 11. The monoisotopic (exact) mass is 408 g/mol. The van der Waals surface area contributed by atoms with Crippen molar-refractivity contribution in [3.05, 3.63) is 41.7 Å². The second kappa shape index (κ2) is 11.8. The molecule has 0 saturated carbocycles. The summed E-state index contributed by atoms with van der Waals surface area (Å²) in [5, 5.41) is 0. The number of esters is 1. The first-order valence-electron chi connectivity index (χ1n) is 11.9. The lowest BCUT2D eigenvalue weighted by Gasteiger charge is -2.24. The number of aryl methyl sites for hydroxylation is 1. The summed E-state index contributed by atoms with van der Waals surface area (Å²) in [4.78, 5) is 21.4. The van der Waals surface area contributed by atoms with Gasteiger partial charge in [0.25, 0.3) is 0 Å². The molecule has 4 heteroatoms. The molecule has 1 unspecified atom stereocenters. The Morgan fingerprint density at radius 1 is 1.03 bits per heavy atom. The molecule has 0 spiro atoms. The molecule has 1 heterocycles. The maximum absolute atomic E-state index is 11.9. The van der Waals surface area contributed by atoms with Crippen LogP contribution in [-0.2, 0) is 17.6 Å².